The summed E-state index contributed by atoms with van der Waals surface area (Å²) in [5.41, 5.74) is 11.7. The molecule has 0 amide bonds. The van der Waals surface area contributed by atoms with Crippen molar-refractivity contribution in [3.05, 3.63) is 125 Å². The zero-order chi connectivity index (χ0) is 65.1. The second kappa shape index (κ2) is 31.4. The second-order valence-electron chi connectivity index (χ2n) is 23.5. The van der Waals surface area contributed by atoms with Gasteiger partial charge in [0.1, 0.15) is 16.6 Å². The van der Waals surface area contributed by atoms with E-state index in [4.69, 9.17) is 80.2 Å². The molecule has 5 fully saturated rings. The number of ether oxygens (including phenoxy) is 5. The maximum absolute atomic E-state index is 10.9. The molecule has 98 heavy (non-hydrogen) atoms. The Morgan fingerprint density at radius 2 is 0.898 bits per heavy atom. The van der Waals surface area contributed by atoms with Gasteiger partial charge in [0.2, 0.25) is 27.7 Å². The van der Waals surface area contributed by atoms with Gasteiger partial charge in [0.25, 0.3) is 0 Å². The summed E-state index contributed by atoms with van der Waals surface area (Å²) in [6.07, 6.45) is 9.69. The van der Waals surface area contributed by atoms with E-state index in [1.807, 2.05) is 41.7 Å². The Kier molecular flexibility index (Phi) is 22.2. The van der Waals surface area contributed by atoms with Crippen LogP contribution in [0.25, 0.3) is 99.8 Å². The van der Waals surface area contributed by atoms with Gasteiger partial charge in [-0.25, -0.2) is 34.9 Å². The second-order valence-corrected chi connectivity index (χ2v) is 24.1. The molecule has 0 spiro atoms. The number of aromatic amines is 2. The molecule has 0 radical (unpaired) electrons. The van der Waals surface area contributed by atoms with Crippen molar-refractivity contribution < 1.29 is 105 Å². The number of nitrogens with one attached hydrogen (secondary N) is 2. The predicted molar refractivity (Wildman–Crippen MR) is 371 cm³/mol. The van der Waals surface area contributed by atoms with Crippen molar-refractivity contribution >= 4 is 148 Å². The number of carbonyl (C=O) groups excluding carboxylic acids is 1. The van der Waals surface area contributed by atoms with Gasteiger partial charge in [-0.1, -0.05) is 31.7 Å². The molecule has 5 aliphatic rings. The Hall–Kier alpha value is -7.40. The molecule has 502 valence electrons. The van der Waals surface area contributed by atoms with E-state index in [1.165, 1.54) is 6.20 Å². The molecule has 0 saturated carbocycles. The number of pyridine rings is 3. The predicted octanol–water partition coefficient (Wildman–Crippen LogP) is 5.36. The number of hydrogen-bond donors (Lipinski definition) is 4. The first-order valence-corrected chi connectivity index (χ1v) is 32.5. The Balaban J connectivity index is 0.000000131. The summed E-state index contributed by atoms with van der Waals surface area (Å²) in [5.74, 6) is 2.82. The maximum Gasteiger partial charge on any atom is 1.00 e. The van der Waals surface area contributed by atoms with Crippen molar-refractivity contribution in [3.8, 4) is 11.4 Å². The minimum atomic E-state index is -1.40. The van der Waals surface area contributed by atoms with Crippen molar-refractivity contribution in [3.63, 3.8) is 0 Å². The molecular weight excluding hydrogens is 1330 g/mol. The van der Waals surface area contributed by atoms with Crippen LogP contribution in [0.4, 0.5) is 17.5 Å². The van der Waals surface area contributed by atoms with Crippen molar-refractivity contribution in [2.45, 2.75) is 20.5 Å². The van der Waals surface area contributed by atoms with Gasteiger partial charge in [-0.15, -0.1) is 0 Å². The van der Waals surface area contributed by atoms with E-state index in [-0.39, 0.29) is 70.8 Å². The molecular formula is C67H70BCl2KN16O11. The summed E-state index contributed by atoms with van der Waals surface area (Å²) in [6, 6.07) is 21.4. The molecule has 13 aromatic rings. The van der Waals surface area contributed by atoms with Crippen molar-refractivity contribution in [1.29, 1.82) is 0 Å². The molecule has 11 aromatic heterocycles. The summed E-state index contributed by atoms with van der Waals surface area (Å²) in [7, 11) is -1.40. The van der Waals surface area contributed by atoms with E-state index in [2.05, 4.69) is 94.8 Å². The molecule has 27 nitrogen and oxygen atoms in total. The van der Waals surface area contributed by atoms with E-state index in [0.717, 1.165) is 159 Å². The van der Waals surface area contributed by atoms with Crippen LogP contribution in [0.15, 0.2) is 111 Å². The third-order valence-corrected chi connectivity index (χ3v) is 17.7. The Morgan fingerprint density at radius 3 is 1.37 bits per heavy atom. The largest absolute Gasteiger partial charge is 1.00 e. The minimum Gasteiger partial charge on any atom is -1.00 e. The number of benzene rings is 2. The topological polar surface area (TPSA) is 307 Å². The van der Waals surface area contributed by atoms with Gasteiger partial charge in [0.05, 0.1) is 82.2 Å². The third kappa shape index (κ3) is 14.9. The van der Waals surface area contributed by atoms with Gasteiger partial charge in [0.15, 0.2) is 46.3 Å². The zero-order valence-corrected chi connectivity index (χ0v) is 57.7. The van der Waals surface area contributed by atoms with Gasteiger partial charge >= 0.3 is 58.5 Å². The Morgan fingerprint density at radius 1 is 0.490 bits per heavy atom. The number of aldehydes is 1. The number of furan rings is 3. The number of morpholine rings is 5. The first-order chi connectivity index (χ1) is 47.2. The fraction of sp³-hybridized carbons (Fsp3) is 0.343. The van der Waals surface area contributed by atoms with Crippen LogP contribution < -0.4 is 71.5 Å². The number of aromatic nitrogens is 11. The average molecular weight is 1400 g/mol. The quantitative estimate of drug-likeness (QED) is 0.0761. The van der Waals surface area contributed by atoms with Crippen LogP contribution in [0.2, 0.25) is 10.6 Å². The van der Waals surface area contributed by atoms with Crippen LogP contribution >= 0.6 is 23.2 Å². The van der Waals surface area contributed by atoms with Crippen molar-refractivity contribution in [1.82, 2.24) is 64.6 Å². The molecule has 18 rings (SSSR count). The van der Waals surface area contributed by atoms with Gasteiger partial charge in [-0.2, -0.15) is 9.97 Å². The summed E-state index contributed by atoms with van der Waals surface area (Å²) in [5, 5.41) is 22.7. The summed E-state index contributed by atoms with van der Waals surface area (Å²) in [4.78, 5) is 69.2. The van der Waals surface area contributed by atoms with E-state index >= 15 is 0 Å². The first kappa shape index (κ1) is 69.1. The number of nitrogens with zero attached hydrogens (tertiary/aromatic N) is 14. The van der Waals surface area contributed by atoms with Crippen LogP contribution in [0, 0.1) is 0 Å². The number of fused-ring (bicyclic) bond motifs is 11. The standard InChI is InChI=1S/C26H26N6O3.C18H20ClN5O3.C14H11ClN4O3.C8H8BNO2.CH4.K.H/c1-2-19(18-4-5-27-21(18)3-1)24-29-22-20-14-17(16-31-6-10-33-11-7-31)15-28-26(20)35-23(22)25(30-24)32-8-12-34-13-9-32;19-18-21-14-13-9-12(11-23-1-5-25-6-2-23)10-20-17(13)27-15(14)16(22-18)24-3-7-26-8-4-24;15-14-17-10-9-5-8(7-20)6-16-13(9)22-11(10)12(18-14)19-1-3-21-4-2-19;11-9(12)7-2-1-3-8-6(7)4-5-10-8;;;/h1-5,14-15,27H,6-13,16H2;9-10H,1-8,11H2;5-7H,1-4H2;1-5,10-12H;1H4;;/q;;;;;+1;-1. The molecule has 5 aliphatic heterocycles. The van der Waals surface area contributed by atoms with Crippen molar-refractivity contribution in [2.75, 3.05) is 146 Å². The summed E-state index contributed by atoms with van der Waals surface area (Å²) >= 11 is 12.3. The number of rotatable bonds is 10. The van der Waals surface area contributed by atoms with Crippen LogP contribution in [-0.2, 0) is 36.8 Å². The fourth-order valence-electron chi connectivity index (χ4n) is 12.6. The normalized spacial score (nSPS) is 16.4. The first-order valence-electron chi connectivity index (χ1n) is 31.8. The van der Waals surface area contributed by atoms with E-state index in [9.17, 15) is 4.79 Å². The molecule has 0 aliphatic carbocycles. The van der Waals surface area contributed by atoms with E-state index < -0.39 is 7.12 Å². The van der Waals surface area contributed by atoms with Crippen LogP contribution in [0.5, 0.6) is 0 Å². The summed E-state index contributed by atoms with van der Waals surface area (Å²) < 4.78 is 45.4. The van der Waals surface area contributed by atoms with Crippen LogP contribution in [-0.4, -0.2) is 220 Å². The molecule has 31 heteroatoms. The van der Waals surface area contributed by atoms with Crippen molar-refractivity contribution in [2.24, 2.45) is 0 Å². The molecule has 16 heterocycles. The smallest absolute Gasteiger partial charge is 1.00 e. The molecule has 0 unspecified atom stereocenters. The van der Waals surface area contributed by atoms with Gasteiger partial charge in [-0.3, -0.25) is 14.6 Å². The Labute approximate surface area is 615 Å². The summed E-state index contributed by atoms with van der Waals surface area (Å²) in [6.45, 7) is 16.8. The number of halogens is 2. The monoisotopic (exact) mass is 1390 g/mol. The molecule has 0 bridgehead atoms. The van der Waals surface area contributed by atoms with Crippen LogP contribution in [0.1, 0.15) is 30.3 Å². The van der Waals surface area contributed by atoms with E-state index in [1.54, 1.807) is 24.4 Å². The van der Waals surface area contributed by atoms with Gasteiger partial charge < -0.3 is 73.1 Å². The molecule has 4 N–H and O–H groups in total. The van der Waals surface area contributed by atoms with E-state index in [0.29, 0.717) is 132 Å². The number of hydrogen-bond acceptors (Lipinski definition) is 25. The average Bonchev–Trinajstić information content (AvgIpc) is 1.65. The SMILES string of the molecule is C.Clc1nc(N2CCOCC2)c2oc3ncc(CN4CCOCC4)cc3c2n1.O=Cc1cnc2oc3c(N4CCOCC4)nc(Cl)nc3c2c1.OB(O)c1cccc2[nH]ccc12.[H-].[K+].c1cc(-c2nc(N3CCOCC3)c3oc4ncc(CN5CCOCC5)cc4c3n2)c2cc[nH]c2c1. The van der Waals surface area contributed by atoms with Gasteiger partial charge in [0, 0.05) is 137 Å². The molecule has 0 atom stereocenters. The molecule has 5 saturated heterocycles. The maximum atomic E-state index is 10.9. The molecule has 2 aromatic carbocycles. The van der Waals surface area contributed by atoms with Gasteiger partial charge in [-0.05, 0) is 87.6 Å². The number of H-pyrrole nitrogens is 2. The number of carbonyl (C=O) groups is 1. The minimum absolute atomic E-state index is 0. The fourth-order valence-corrected chi connectivity index (χ4v) is 12.9. The third-order valence-electron chi connectivity index (χ3n) is 17.4. The Bertz CT molecular complexity index is 4940. The number of anilines is 3. The van der Waals surface area contributed by atoms with Crippen LogP contribution in [0.3, 0.4) is 0 Å². The zero-order valence-electron chi connectivity index (χ0n) is 54.0.